The molecule has 0 radical (unpaired) electrons. The molecule has 0 saturated heterocycles. The summed E-state index contributed by atoms with van der Waals surface area (Å²) in [6, 6.07) is 0. The molecule has 1 heteroatoms. The molecule has 1 nitrogen and oxygen atoms in total. The monoisotopic (exact) mass is 126 g/mol. The van der Waals surface area contributed by atoms with Crippen LogP contribution in [0.2, 0.25) is 0 Å². The third kappa shape index (κ3) is 7.48. The quantitative estimate of drug-likeness (QED) is 0.450. The van der Waals surface area contributed by atoms with Crippen molar-refractivity contribution in [2.24, 2.45) is 0 Å². The molecule has 0 aromatic rings. The van der Waals surface area contributed by atoms with Gasteiger partial charge in [-0.3, -0.25) is 0 Å². The van der Waals surface area contributed by atoms with Gasteiger partial charge in [0.15, 0.2) is 0 Å². The van der Waals surface area contributed by atoms with Gasteiger partial charge in [0.2, 0.25) is 0 Å². The van der Waals surface area contributed by atoms with Crippen molar-refractivity contribution in [2.45, 2.75) is 26.2 Å². The minimum absolute atomic E-state index is 0.0998. The van der Waals surface area contributed by atoms with Gasteiger partial charge in [-0.05, 0) is 25.0 Å². The molecule has 1 N–H and O–H groups in total. The van der Waals surface area contributed by atoms with Crippen molar-refractivity contribution in [3.8, 4) is 0 Å². The van der Waals surface area contributed by atoms with Gasteiger partial charge in [0.05, 0.1) is 6.61 Å². The molecule has 52 valence electrons. The van der Waals surface area contributed by atoms with Gasteiger partial charge in [0, 0.05) is 0 Å². The molecule has 0 unspecified atom stereocenters. The third-order valence-electron chi connectivity index (χ3n) is 1.03. The van der Waals surface area contributed by atoms with E-state index in [2.05, 4.69) is 12.7 Å². The lowest BCUT2D eigenvalue weighted by atomic mass is 10.2. The van der Waals surface area contributed by atoms with E-state index < -0.39 is 0 Å². The molecule has 0 bridgehead atoms. The van der Waals surface area contributed by atoms with E-state index in [1.165, 1.54) is 12.8 Å². The molecule has 0 aliphatic carbocycles. The summed E-state index contributed by atoms with van der Waals surface area (Å²) in [5, 5.41) is 8.28. The summed E-state index contributed by atoms with van der Waals surface area (Å²) in [6.07, 6.45) is 7.09. The number of hydrogen-bond acceptors (Lipinski definition) is 1. The van der Waals surface area contributed by atoms with Crippen LogP contribution in [-0.2, 0) is 0 Å². The van der Waals surface area contributed by atoms with Gasteiger partial charge in [-0.1, -0.05) is 13.3 Å². The van der Waals surface area contributed by atoms with Crippen LogP contribution < -0.4 is 0 Å². The highest BCUT2D eigenvalue weighted by molar-refractivity contribution is 4.83. The molecule has 0 amide bonds. The van der Waals surface area contributed by atoms with E-state index in [0.717, 1.165) is 6.42 Å². The minimum Gasteiger partial charge on any atom is -0.392 e. The van der Waals surface area contributed by atoms with Crippen LogP contribution in [0.5, 0.6) is 0 Å². The highest BCUT2D eigenvalue weighted by atomic mass is 16.2. The smallest absolute Gasteiger partial charge is 0.0686 e. The molecular weight excluding hydrogens is 112 g/mol. The maximum Gasteiger partial charge on any atom is 0.0686 e. The van der Waals surface area contributed by atoms with Gasteiger partial charge < -0.3 is 5.11 Å². The zero-order chi connectivity index (χ0) is 6.95. The van der Waals surface area contributed by atoms with Gasteiger partial charge in [0.25, 0.3) is 0 Å². The zero-order valence-corrected chi connectivity index (χ0v) is 5.93. The molecule has 0 rings (SSSR count). The normalized spacial score (nSPS) is 8.22. The fraction of sp³-hybridized carbons (Fsp3) is 0.625. The van der Waals surface area contributed by atoms with Crippen molar-refractivity contribution in [1.82, 2.24) is 0 Å². The molecule has 0 aromatic carbocycles. The second kappa shape index (κ2) is 7.48. The molecule has 0 aromatic heterocycles. The number of unbranched alkanes of at least 4 members (excludes halogenated alkanes) is 2. The van der Waals surface area contributed by atoms with Crippen molar-refractivity contribution >= 4 is 0 Å². The van der Waals surface area contributed by atoms with Crippen LogP contribution in [0, 0.1) is 0 Å². The van der Waals surface area contributed by atoms with Crippen molar-refractivity contribution in [2.75, 3.05) is 6.61 Å². The van der Waals surface area contributed by atoms with Crippen LogP contribution in [0.25, 0.3) is 0 Å². The highest BCUT2D eigenvalue weighted by Gasteiger charge is 1.73. The minimum atomic E-state index is 0.0998. The summed E-state index contributed by atoms with van der Waals surface area (Å²) in [7, 11) is 0. The van der Waals surface area contributed by atoms with Crippen molar-refractivity contribution in [3.63, 3.8) is 0 Å². The Kier molecular flexibility index (Phi) is 7.05. The van der Waals surface area contributed by atoms with Crippen LogP contribution in [0.4, 0.5) is 0 Å². The van der Waals surface area contributed by atoms with E-state index in [-0.39, 0.29) is 6.61 Å². The van der Waals surface area contributed by atoms with Crippen LogP contribution in [0.15, 0.2) is 17.9 Å². The Bertz CT molecular complexity index is 99.1. The number of aliphatic hydroxyl groups is 1. The molecule has 0 heterocycles. The molecule has 0 aliphatic heterocycles. The van der Waals surface area contributed by atoms with E-state index >= 15 is 0 Å². The van der Waals surface area contributed by atoms with Crippen molar-refractivity contribution in [3.05, 3.63) is 17.9 Å². The van der Waals surface area contributed by atoms with E-state index in [0.29, 0.717) is 0 Å². The molecule has 0 atom stereocenters. The Morgan fingerprint density at radius 3 is 2.78 bits per heavy atom. The van der Waals surface area contributed by atoms with Gasteiger partial charge in [0.1, 0.15) is 0 Å². The zero-order valence-electron chi connectivity index (χ0n) is 5.93. The Hall–Kier alpha value is -0.520. The Balaban J connectivity index is 3.13. The van der Waals surface area contributed by atoms with Crippen molar-refractivity contribution < 1.29 is 5.11 Å². The fourth-order valence-corrected chi connectivity index (χ4v) is 0.526. The lowest BCUT2D eigenvalue weighted by Crippen LogP contribution is -1.67. The standard InChI is InChI=1S/C8H14O/c1-2-3-4-5-6-7-8-9/h5,7,9H,2-4,8H2,1H3. The predicted octanol–water partition coefficient (Wildman–Crippen LogP) is 1.88. The Morgan fingerprint density at radius 1 is 1.44 bits per heavy atom. The number of aliphatic hydroxyl groups excluding tert-OH is 1. The largest absolute Gasteiger partial charge is 0.392 e. The second-order valence-corrected chi connectivity index (χ2v) is 1.90. The summed E-state index contributed by atoms with van der Waals surface area (Å²) in [4.78, 5) is 0. The van der Waals surface area contributed by atoms with Crippen molar-refractivity contribution in [1.29, 1.82) is 0 Å². The second-order valence-electron chi connectivity index (χ2n) is 1.90. The molecular formula is C8H14O. The first-order chi connectivity index (χ1) is 4.41. The Morgan fingerprint density at radius 2 is 2.22 bits per heavy atom. The van der Waals surface area contributed by atoms with Crippen LogP contribution in [0.1, 0.15) is 26.2 Å². The van der Waals surface area contributed by atoms with Crippen LogP contribution >= 0.6 is 0 Å². The van der Waals surface area contributed by atoms with Gasteiger partial charge in [-0.25, -0.2) is 0 Å². The van der Waals surface area contributed by atoms with Crippen LogP contribution in [-0.4, -0.2) is 11.7 Å². The molecule has 9 heavy (non-hydrogen) atoms. The topological polar surface area (TPSA) is 20.2 Å². The fourth-order valence-electron chi connectivity index (χ4n) is 0.526. The highest BCUT2D eigenvalue weighted by Crippen LogP contribution is 1.92. The number of hydrogen-bond donors (Lipinski definition) is 1. The summed E-state index contributed by atoms with van der Waals surface area (Å²) >= 11 is 0. The first-order valence-electron chi connectivity index (χ1n) is 3.42. The van der Waals surface area contributed by atoms with Gasteiger partial charge in [-0.2, -0.15) is 0 Å². The lowest BCUT2D eigenvalue weighted by Gasteiger charge is -1.82. The summed E-state index contributed by atoms with van der Waals surface area (Å²) in [5.74, 6) is 0. The molecule has 0 saturated carbocycles. The average Bonchev–Trinajstić information content (AvgIpc) is 1.89. The molecule has 0 aliphatic rings. The van der Waals surface area contributed by atoms with Gasteiger partial charge >= 0.3 is 0 Å². The first-order valence-corrected chi connectivity index (χ1v) is 3.42. The van der Waals surface area contributed by atoms with Gasteiger partial charge in [-0.15, -0.1) is 5.73 Å². The first kappa shape index (κ1) is 8.48. The van der Waals surface area contributed by atoms with Crippen LogP contribution in [0.3, 0.4) is 0 Å². The summed E-state index contributed by atoms with van der Waals surface area (Å²) < 4.78 is 0. The predicted molar refractivity (Wildman–Crippen MR) is 39.3 cm³/mol. The maximum atomic E-state index is 8.28. The van der Waals surface area contributed by atoms with E-state index in [1.807, 2.05) is 6.08 Å². The average molecular weight is 126 g/mol. The third-order valence-corrected chi connectivity index (χ3v) is 1.03. The summed E-state index contributed by atoms with van der Waals surface area (Å²) in [5.41, 5.74) is 2.87. The molecule has 0 spiro atoms. The lowest BCUT2D eigenvalue weighted by molar-refractivity contribution is 0.343. The maximum absolute atomic E-state index is 8.28. The van der Waals surface area contributed by atoms with E-state index in [4.69, 9.17) is 5.11 Å². The summed E-state index contributed by atoms with van der Waals surface area (Å²) in [6.45, 7) is 2.26. The Labute approximate surface area is 56.7 Å². The van der Waals surface area contributed by atoms with E-state index in [1.54, 1.807) is 6.08 Å². The molecule has 0 fully saturated rings. The number of rotatable bonds is 4. The van der Waals surface area contributed by atoms with E-state index in [9.17, 15) is 0 Å². The SMILES string of the molecule is CCCCC=C=CCO.